The van der Waals surface area contributed by atoms with Gasteiger partial charge >= 0.3 is 6.03 Å². The van der Waals surface area contributed by atoms with E-state index in [1.807, 2.05) is 24.3 Å². The lowest BCUT2D eigenvalue weighted by Gasteiger charge is -2.23. The highest BCUT2D eigenvalue weighted by molar-refractivity contribution is 6.09. The van der Waals surface area contributed by atoms with Crippen molar-refractivity contribution in [3.63, 3.8) is 0 Å². The molecule has 1 heterocycles. The highest BCUT2D eigenvalue weighted by Gasteiger charge is 2.49. The van der Waals surface area contributed by atoms with Crippen molar-refractivity contribution in [2.75, 3.05) is 27.9 Å². The smallest absolute Gasteiger partial charge is 0.325 e. The van der Waals surface area contributed by atoms with E-state index in [1.165, 1.54) is 21.3 Å². The first-order valence-corrected chi connectivity index (χ1v) is 10.9. The molecule has 2 aromatic carbocycles. The predicted octanol–water partition coefficient (Wildman–Crippen LogP) is 2.92. The van der Waals surface area contributed by atoms with Crippen LogP contribution >= 0.6 is 0 Å². The van der Waals surface area contributed by atoms with Crippen LogP contribution in [0, 0.1) is 0 Å². The zero-order valence-corrected chi connectivity index (χ0v) is 20.4. The van der Waals surface area contributed by atoms with Crippen molar-refractivity contribution < 1.29 is 28.6 Å². The fourth-order valence-corrected chi connectivity index (χ4v) is 3.86. The Kier molecular flexibility index (Phi) is 7.34. The van der Waals surface area contributed by atoms with Gasteiger partial charge < -0.3 is 24.8 Å². The summed E-state index contributed by atoms with van der Waals surface area (Å²) < 4.78 is 15.9. The summed E-state index contributed by atoms with van der Waals surface area (Å²) in [7, 11) is 4.54. The van der Waals surface area contributed by atoms with E-state index in [1.54, 1.807) is 19.1 Å². The van der Waals surface area contributed by atoms with Gasteiger partial charge in [0.25, 0.3) is 5.91 Å². The Morgan fingerprint density at radius 3 is 2.15 bits per heavy atom. The van der Waals surface area contributed by atoms with Crippen LogP contribution in [0.3, 0.4) is 0 Å². The number of carbonyl (C=O) groups is 3. The Balaban J connectivity index is 1.70. The van der Waals surface area contributed by atoms with E-state index in [-0.39, 0.29) is 6.54 Å². The molecule has 0 saturated carbocycles. The van der Waals surface area contributed by atoms with Gasteiger partial charge in [0.05, 0.1) is 21.3 Å². The maximum Gasteiger partial charge on any atom is 0.325 e. The maximum atomic E-state index is 13.1. The van der Waals surface area contributed by atoms with Crippen molar-refractivity contribution in [2.45, 2.75) is 38.8 Å². The van der Waals surface area contributed by atoms with Crippen LogP contribution in [0.2, 0.25) is 0 Å². The monoisotopic (exact) mass is 469 g/mol. The van der Waals surface area contributed by atoms with Crippen LogP contribution in [-0.4, -0.2) is 50.6 Å². The van der Waals surface area contributed by atoms with Gasteiger partial charge in [-0.25, -0.2) is 4.79 Å². The van der Waals surface area contributed by atoms with Crippen LogP contribution in [-0.2, 0) is 21.7 Å². The Morgan fingerprint density at radius 1 is 1.00 bits per heavy atom. The third-order valence-corrected chi connectivity index (χ3v) is 5.99. The molecule has 34 heavy (non-hydrogen) atoms. The first-order chi connectivity index (χ1) is 16.1. The van der Waals surface area contributed by atoms with Gasteiger partial charge in [-0.2, -0.15) is 0 Å². The third-order valence-electron chi connectivity index (χ3n) is 5.99. The number of nitrogens with zero attached hydrogens (tertiary/aromatic N) is 1. The minimum atomic E-state index is -1.24. The lowest BCUT2D eigenvalue weighted by atomic mass is 9.90. The van der Waals surface area contributed by atoms with Crippen molar-refractivity contribution in [3.8, 4) is 17.2 Å². The molecule has 9 nitrogen and oxygen atoms in total. The fourth-order valence-electron chi connectivity index (χ4n) is 3.86. The molecule has 1 fully saturated rings. The SMILES string of the molecule is COc1cc(OC)c(OC)cc1CNC(=O)CN1C(=O)NC(C)(c2ccc(C(C)C)cc2)C1=O. The average Bonchev–Trinajstić information content (AvgIpc) is 3.05. The fraction of sp³-hybridized carbons (Fsp3) is 0.400. The highest BCUT2D eigenvalue weighted by atomic mass is 16.5. The standard InChI is InChI=1S/C25H31N3O6/c1-15(2)16-7-9-18(10-8-16)25(3)23(30)28(24(31)27-25)14-22(29)26-13-17-11-20(33-5)21(34-6)12-19(17)32-4/h7-12,15H,13-14H2,1-6H3,(H,26,29)(H,27,31). The Labute approximate surface area is 199 Å². The van der Waals surface area contributed by atoms with Crippen molar-refractivity contribution >= 4 is 17.8 Å². The largest absolute Gasteiger partial charge is 0.496 e. The minimum Gasteiger partial charge on any atom is -0.496 e. The zero-order chi connectivity index (χ0) is 25.0. The molecular weight excluding hydrogens is 438 g/mol. The summed E-state index contributed by atoms with van der Waals surface area (Å²) in [6, 6.07) is 10.3. The molecule has 1 saturated heterocycles. The number of carbonyl (C=O) groups excluding carboxylic acids is 3. The van der Waals surface area contributed by atoms with E-state index in [9.17, 15) is 14.4 Å². The topological polar surface area (TPSA) is 106 Å². The second-order valence-corrected chi connectivity index (χ2v) is 8.52. The molecule has 0 aromatic heterocycles. The van der Waals surface area contributed by atoms with Gasteiger partial charge in [0.1, 0.15) is 17.8 Å². The molecule has 0 bridgehead atoms. The molecule has 3 rings (SSSR count). The van der Waals surface area contributed by atoms with Gasteiger partial charge in [-0.15, -0.1) is 0 Å². The molecule has 4 amide bonds. The Morgan fingerprint density at radius 2 is 1.59 bits per heavy atom. The van der Waals surface area contributed by atoms with Gasteiger partial charge in [-0.05, 0) is 30.0 Å². The second kappa shape index (κ2) is 10.0. The number of methoxy groups -OCH3 is 3. The van der Waals surface area contributed by atoms with E-state index < -0.39 is 29.9 Å². The Bertz CT molecular complexity index is 1080. The van der Waals surface area contributed by atoms with Crippen LogP contribution in [0.4, 0.5) is 4.79 Å². The molecule has 1 atom stereocenters. The maximum absolute atomic E-state index is 13.1. The van der Waals surface area contributed by atoms with Crippen LogP contribution in [0.25, 0.3) is 0 Å². The van der Waals surface area contributed by atoms with E-state index in [0.717, 1.165) is 10.5 Å². The van der Waals surface area contributed by atoms with E-state index in [2.05, 4.69) is 24.5 Å². The molecule has 182 valence electrons. The number of urea groups is 1. The predicted molar refractivity (Wildman–Crippen MR) is 126 cm³/mol. The van der Waals surface area contributed by atoms with Gasteiger partial charge in [0.2, 0.25) is 5.91 Å². The summed E-state index contributed by atoms with van der Waals surface area (Å²) in [5, 5.41) is 5.46. The molecule has 0 radical (unpaired) electrons. The molecule has 9 heteroatoms. The number of benzene rings is 2. The Hall–Kier alpha value is -3.75. The molecule has 2 N–H and O–H groups in total. The number of hydrogen-bond donors (Lipinski definition) is 2. The lowest BCUT2D eigenvalue weighted by Crippen LogP contribution is -2.43. The van der Waals surface area contributed by atoms with Gasteiger partial charge in [-0.1, -0.05) is 38.1 Å². The first-order valence-electron chi connectivity index (χ1n) is 10.9. The number of imide groups is 1. The van der Waals surface area contributed by atoms with Crippen molar-refractivity contribution in [3.05, 3.63) is 53.1 Å². The quantitative estimate of drug-likeness (QED) is 0.547. The van der Waals surface area contributed by atoms with Crippen molar-refractivity contribution in [1.82, 2.24) is 15.5 Å². The lowest BCUT2D eigenvalue weighted by molar-refractivity contribution is -0.134. The molecule has 0 spiro atoms. The minimum absolute atomic E-state index is 0.111. The number of rotatable bonds is 9. The highest BCUT2D eigenvalue weighted by Crippen LogP contribution is 2.34. The van der Waals surface area contributed by atoms with Crippen LogP contribution in [0.5, 0.6) is 17.2 Å². The number of amides is 4. The summed E-state index contributed by atoms with van der Waals surface area (Å²) in [6.45, 7) is 5.51. The van der Waals surface area contributed by atoms with Gasteiger partial charge in [0.15, 0.2) is 11.5 Å². The molecule has 2 aromatic rings. The molecule has 1 unspecified atom stereocenters. The van der Waals surface area contributed by atoms with Crippen molar-refractivity contribution in [1.29, 1.82) is 0 Å². The third kappa shape index (κ3) is 4.78. The second-order valence-electron chi connectivity index (χ2n) is 8.52. The van der Waals surface area contributed by atoms with Gasteiger partial charge in [-0.3, -0.25) is 14.5 Å². The van der Waals surface area contributed by atoms with Gasteiger partial charge in [0, 0.05) is 18.2 Å². The summed E-state index contributed by atoms with van der Waals surface area (Å²) in [6.07, 6.45) is 0. The zero-order valence-electron chi connectivity index (χ0n) is 20.4. The first kappa shape index (κ1) is 24.9. The summed E-state index contributed by atoms with van der Waals surface area (Å²) >= 11 is 0. The summed E-state index contributed by atoms with van der Waals surface area (Å²) in [5.74, 6) is 0.870. The van der Waals surface area contributed by atoms with E-state index in [0.29, 0.717) is 34.3 Å². The summed E-state index contributed by atoms with van der Waals surface area (Å²) in [5.41, 5.74) is 1.21. The molecule has 1 aliphatic heterocycles. The summed E-state index contributed by atoms with van der Waals surface area (Å²) in [4.78, 5) is 39.3. The molecule has 0 aliphatic carbocycles. The average molecular weight is 470 g/mol. The normalized spacial score (nSPS) is 17.6. The number of hydrogen-bond acceptors (Lipinski definition) is 6. The van der Waals surface area contributed by atoms with E-state index >= 15 is 0 Å². The number of ether oxygens (including phenoxy) is 3. The van der Waals surface area contributed by atoms with Crippen LogP contribution in [0.1, 0.15) is 43.4 Å². The van der Waals surface area contributed by atoms with Crippen molar-refractivity contribution in [2.24, 2.45) is 0 Å². The van der Waals surface area contributed by atoms with Crippen LogP contribution in [0.15, 0.2) is 36.4 Å². The van der Waals surface area contributed by atoms with Crippen LogP contribution < -0.4 is 24.8 Å². The molecule has 1 aliphatic rings. The number of nitrogens with one attached hydrogen (secondary N) is 2. The van der Waals surface area contributed by atoms with E-state index in [4.69, 9.17) is 14.2 Å². The molecular formula is C25H31N3O6.